The summed E-state index contributed by atoms with van der Waals surface area (Å²) in [5.41, 5.74) is 6.33. The highest BCUT2D eigenvalue weighted by Gasteiger charge is 2.19. The molecule has 0 saturated carbocycles. The van der Waals surface area contributed by atoms with Crippen molar-refractivity contribution in [2.75, 3.05) is 26.7 Å². The Hall–Kier alpha value is -0.680. The average molecular weight is 289 g/mol. The van der Waals surface area contributed by atoms with Crippen molar-refractivity contribution in [2.24, 2.45) is 5.73 Å². The van der Waals surface area contributed by atoms with Gasteiger partial charge < -0.3 is 10.5 Å². The Bertz CT molecular complexity index is 401. The number of nitrogens with two attached hydrogens (primary N) is 1. The van der Waals surface area contributed by atoms with Crippen molar-refractivity contribution in [3.63, 3.8) is 0 Å². The van der Waals surface area contributed by atoms with Crippen molar-refractivity contribution in [2.45, 2.75) is 26.0 Å². The minimum absolute atomic E-state index is 0.173. The molecule has 0 saturated heterocycles. The normalized spacial score (nSPS) is 13.3. The summed E-state index contributed by atoms with van der Waals surface area (Å²) >= 11 is 5.76. The fourth-order valence-electron chi connectivity index (χ4n) is 1.90. The molecule has 2 N–H and O–H groups in total. The van der Waals surface area contributed by atoms with Crippen LogP contribution >= 0.6 is 11.6 Å². The second kappa shape index (κ2) is 7.80. The molecule has 0 radical (unpaired) electrons. The molecule has 1 aromatic carbocycles. The molecule has 19 heavy (non-hydrogen) atoms. The van der Waals surface area contributed by atoms with Gasteiger partial charge in [0.1, 0.15) is 5.82 Å². The van der Waals surface area contributed by atoms with E-state index >= 15 is 0 Å². The zero-order chi connectivity index (χ0) is 14.4. The van der Waals surface area contributed by atoms with Crippen LogP contribution in [-0.4, -0.2) is 37.7 Å². The van der Waals surface area contributed by atoms with Crippen LogP contribution in [0.3, 0.4) is 0 Å². The van der Waals surface area contributed by atoms with Crippen LogP contribution in [0.2, 0.25) is 5.02 Å². The molecule has 0 bridgehead atoms. The predicted octanol–water partition coefficient (Wildman–Crippen LogP) is 2.84. The standard InChI is InChI=1S/C14H22ClFN2O/c1-10(2)19-7-6-18(3)14(9-17)12-5-4-11(15)8-13(12)16/h4-5,8,10,14H,6-7,9,17H2,1-3H3. The Kier molecular flexibility index (Phi) is 6.72. The minimum atomic E-state index is -0.320. The molecule has 108 valence electrons. The maximum atomic E-state index is 13.9. The summed E-state index contributed by atoms with van der Waals surface area (Å²) < 4.78 is 19.4. The van der Waals surface area contributed by atoms with Crippen molar-refractivity contribution in [1.29, 1.82) is 0 Å². The molecule has 0 spiro atoms. The smallest absolute Gasteiger partial charge is 0.129 e. The molecule has 5 heteroatoms. The number of rotatable bonds is 7. The first-order valence-electron chi connectivity index (χ1n) is 6.42. The van der Waals surface area contributed by atoms with Gasteiger partial charge in [0.05, 0.1) is 12.7 Å². The van der Waals surface area contributed by atoms with E-state index in [0.29, 0.717) is 30.3 Å². The van der Waals surface area contributed by atoms with E-state index in [0.717, 1.165) is 0 Å². The number of halogens is 2. The van der Waals surface area contributed by atoms with Gasteiger partial charge in [-0.15, -0.1) is 0 Å². The first-order chi connectivity index (χ1) is 8.95. The van der Waals surface area contributed by atoms with E-state index < -0.39 is 0 Å². The van der Waals surface area contributed by atoms with Gasteiger partial charge >= 0.3 is 0 Å². The van der Waals surface area contributed by atoms with Gasteiger partial charge in [-0.3, -0.25) is 4.90 Å². The SMILES string of the molecule is CC(C)OCCN(C)C(CN)c1ccc(Cl)cc1F. The lowest BCUT2D eigenvalue weighted by atomic mass is 10.1. The molecule has 0 amide bonds. The Balaban J connectivity index is 2.70. The number of hydrogen-bond acceptors (Lipinski definition) is 3. The molecule has 1 atom stereocenters. The maximum absolute atomic E-state index is 13.9. The number of benzene rings is 1. The molecular formula is C14H22ClFN2O. The van der Waals surface area contributed by atoms with Crippen LogP contribution in [0, 0.1) is 5.82 Å². The quantitative estimate of drug-likeness (QED) is 0.838. The van der Waals surface area contributed by atoms with E-state index in [1.807, 2.05) is 25.8 Å². The number of likely N-dealkylation sites (N-methyl/N-ethyl adjacent to an activating group) is 1. The fourth-order valence-corrected chi connectivity index (χ4v) is 2.06. The Morgan fingerprint density at radius 1 is 1.42 bits per heavy atom. The van der Waals surface area contributed by atoms with Crippen molar-refractivity contribution < 1.29 is 9.13 Å². The van der Waals surface area contributed by atoms with E-state index in [1.165, 1.54) is 6.07 Å². The third-order valence-electron chi connectivity index (χ3n) is 2.97. The van der Waals surface area contributed by atoms with Crippen LogP contribution in [0.4, 0.5) is 4.39 Å². The van der Waals surface area contributed by atoms with Crippen molar-refractivity contribution in [1.82, 2.24) is 4.90 Å². The van der Waals surface area contributed by atoms with Crippen LogP contribution in [0.15, 0.2) is 18.2 Å². The predicted molar refractivity (Wildman–Crippen MR) is 76.9 cm³/mol. The molecule has 0 fully saturated rings. The fraction of sp³-hybridized carbons (Fsp3) is 0.571. The lowest BCUT2D eigenvalue weighted by molar-refractivity contribution is 0.0561. The minimum Gasteiger partial charge on any atom is -0.377 e. The summed E-state index contributed by atoms with van der Waals surface area (Å²) in [5.74, 6) is -0.320. The molecule has 1 unspecified atom stereocenters. The van der Waals surface area contributed by atoms with Gasteiger partial charge in [0.25, 0.3) is 0 Å². The average Bonchev–Trinajstić information content (AvgIpc) is 2.32. The van der Waals surface area contributed by atoms with Gasteiger partial charge in [-0.05, 0) is 33.0 Å². The largest absolute Gasteiger partial charge is 0.377 e. The topological polar surface area (TPSA) is 38.5 Å². The van der Waals surface area contributed by atoms with E-state index in [4.69, 9.17) is 22.1 Å². The molecule has 1 aromatic rings. The van der Waals surface area contributed by atoms with E-state index in [-0.39, 0.29) is 18.0 Å². The lowest BCUT2D eigenvalue weighted by Gasteiger charge is -2.28. The van der Waals surface area contributed by atoms with Gasteiger partial charge in [0.15, 0.2) is 0 Å². The molecule has 3 nitrogen and oxygen atoms in total. The molecule has 1 rings (SSSR count). The molecule has 0 aliphatic rings. The number of hydrogen-bond donors (Lipinski definition) is 1. The molecular weight excluding hydrogens is 267 g/mol. The lowest BCUT2D eigenvalue weighted by Crippen LogP contribution is -2.34. The Morgan fingerprint density at radius 3 is 2.63 bits per heavy atom. The third-order valence-corrected chi connectivity index (χ3v) is 3.21. The molecule has 0 heterocycles. The summed E-state index contributed by atoms with van der Waals surface area (Å²) in [7, 11) is 1.91. The maximum Gasteiger partial charge on any atom is 0.129 e. The third kappa shape index (κ3) is 5.07. The highest BCUT2D eigenvalue weighted by atomic mass is 35.5. The van der Waals surface area contributed by atoms with Gasteiger partial charge in [-0.25, -0.2) is 4.39 Å². The zero-order valence-corrected chi connectivity index (χ0v) is 12.5. The van der Waals surface area contributed by atoms with Gasteiger partial charge in [-0.1, -0.05) is 17.7 Å². The monoisotopic (exact) mass is 288 g/mol. The van der Waals surface area contributed by atoms with Gasteiger partial charge in [0, 0.05) is 29.7 Å². The summed E-state index contributed by atoms with van der Waals surface area (Å²) in [5, 5.41) is 0.391. The van der Waals surface area contributed by atoms with E-state index in [1.54, 1.807) is 12.1 Å². The van der Waals surface area contributed by atoms with Crippen LogP contribution < -0.4 is 5.73 Å². The van der Waals surface area contributed by atoms with E-state index in [2.05, 4.69) is 0 Å². The summed E-state index contributed by atoms with van der Waals surface area (Å²) in [6.07, 6.45) is 0.192. The molecule has 0 aromatic heterocycles. The summed E-state index contributed by atoms with van der Waals surface area (Å²) in [6, 6.07) is 4.52. The molecule has 0 aliphatic carbocycles. The van der Waals surface area contributed by atoms with E-state index in [9.17, 15) is 4.39 Å². The Labute approximate surface area is 119 Å². The van der Waals surface area contributed by atoms with Crippen LogP contribution in [0.5, 0.6) is 0 Å². The van der Waals surface area contributed by atoms with Crippen LogP contribution in [-0.2, 0) is 4.74 Å². The summed E-state index contributed by atoms with van der Waals surface area (Å²) in [4.78, 5) is 1.99. The van der Waals surface area contributed by atoms with Crippen LogP contribution in [0.1, 0.15) is 25.5 Å². The highest BCUT2D eigenvalue weighted by molar-refractivity contribution is 6.30. The van der Waals surface area contributed by atoms with Crippen molar-refractivity contribution in [3.05, 3.63) is 34.6 Å². The van der Waals surface area contributed by atoms with Gasteiger partial charge in [0.2, 0.25) is 0 Å². The van der Waals surface area contributed by atoms with Crippen LogP contribution in [0.25, 0.3) is 0 Å². The molecule has 0 aliphatic heterocycles. The highest BCUT2D eigenvalue weighted by Crippen LogP contribution is 2.23. The zero-order valence-electron chi connectivity index (χ0n) is 11.7. The first-order valence-corrected chi connectivity index (χ1v) is 6.80. The first kappa shape index (κ1) is 16.4. The number of nitrogens with zero attached hydrogens (tertiary/aromatic N) is 1. The van der Waals surface area contributed by atoms with Crippen molar-refractivity contribution in [3.8, 4) is 0 Å². The Morgan fingerprint density at radius 2 is 2.11 bits per heavy atom. The second-order valence-corrected chi connectivity index (χ2v) is 5.25. The number of ether oxygens (including phenoxy) is 1. The van der Waals surface area contributed by atoms with Gasteiger partial charge in [-0.2, -0.15) is 0 Å². The summed E-state index contributed by atoms with van der Waals surface area (Å²) in [6.45, 7) is 5.61. The van der Waals surface area contributed by atoms with Crippen molar-refractivity contribution >= 4 is 11.6 Å². The second-order valence-electron chi connectivity index (χ2n) is 4.82.